The lowest BCUT2D eigenvalue weighted by molar-refractivity contribution is -0.143. The molecule has 0 radical (unpaired) electrons. The number of carbonyl (C=O) groups is 5. The summed E-state index contributed by atoms with van der Waals surface area (Å²) in [4.78, 5) is 68.6. The molecule has 0 aliphatic rings. The van der Waals surface area contributed by atoms with Gasteiger partial charge in [0.2, 0.25) is 17.7 Å². The number of benzene rings is 1. The number of rotatable bonds is 16. The van der Waals surface area contributed by atoms with Crippen LogP contribution in [-0.2, 0) is 36.8 Å². The molecule has 3 amide bonds. The minimum absolute atomic E-state index is 0.0113. The predicted octanol–water partition coefficient (Wildman–Crippen LogP) is -0.0279. The summed E-state index contributed by atoms with van der Waals surface area (Å²) in [5.74, 6) is -4.45. The Hall–Kier alpha value is -4.26. The monoisotopic (exact) mass is 544 g/mol. The highest BCUT2D eigenvalue weighted by Gasteiger charge is 2.31. The number of hydrogen-bond acceptors (Lipinski definition) is 7. The fourth-order valence-corrected chi connectivity index (χ4v) is 3.81. The maximum absolute atomic E-state index is 13.4. The fourth-order valence-electron chi connectivity index (χ4n) is 3.81. The smallest absolute Gasteiger partial charge is 0.326 e. The van der Waals surface area contributed by atoms with Gasteiger partial charge in [0.05, 0.1) is 12.4 Å². The first-order valence-corrected chi connectivity index (χ1v) is 12.6. The van der Waals surface area contributed by atoms with Crippen molar-refractivity contribution in [2.75, 3.05) is 0 Å². The van der Waals surface area contributed by atoms with E-state index in [9.17, 15) is 29.1 Å². The third-order valence-electron chi connectivity index (χ3n) is 5.86. The van der Waals surface area contributed by atoms with Gasteiger partial charge >= 0.3 is 11.9 Å². The number of imidazole rings is 1. The molecule has 2 rings (SSSR count). The third kappa shape index (κ3) is 10.9. The second-order valence-electron chi connectivity index (χ2n) is 9.66. The van der Waals surface area contributed by atoms with Crippen LogP contribution in [0.25, 0.3) is 0 Å². The number of aromatic amines is 1. The Bertz CT molecular complexity index is 1110. The van der Waals surface area contributed by atoms with E-state index >= 15 is 0 Å². The summed E-state index contributed by atoms with van der Waals surface area (Å²) < 4.78 is 0. The first-order valence-electron chi connectivity index (χ1n) is 12.6. The lowest BCUT2D eigenvalue weighted by Crippen LogP contribution is -2.58. The summed E-state index contributed by atoms with van der Waals surface area (Å²) in [7, 11) is 0. The van der Waals surface area contributed by atoms with Gasteiger partial charge in [0.25, 0.3) is 0 Å². The highest BCUT2D eigenvalue weighted by Crippen LogP contribution is 2.09. The summed E-state index contributed by atoms with van der Waals surface area (Å²) in [5, 5.41) is 26.1. The Morgan fingerprint density at radius 2 is 1.49 bits per heavy atom. The molecule has 39 heavy (non-hydrogen) atoms. The first-order chi connectivity index (χ1) is 18.5. The van der Waals surface area contributed by atoms with Crippen molar-refractivity contribution in [2.45, 2.75) is 70.1 Å². The number of nitrogens with zero attached hydrogens (tertiary/aromatic N) is 1. The van der Waals surface area contributed by atoms with Gasteiger partial charge in [-0.05, 0) is 24.3 Å². The molecule has 4 atom stereocenters. The van der Waals surface area contributed by atoms with Crippen molar-refractivity contribution in [3.63, 3.8) is 0 Å². The number of aliphatic carboxylic acids is 2. The van der Waals surface area contributed by atoms with Crippen LogP contribution >= 0.6 is 0 Å². The minimum atomic E-state index is -1.20. The molecule has 0 saturated heterocycles. The van der Waals surface area contributed by atoms with Gasteiger partial charge in [0.1, 0.15) is 18.1 Å². The van der Waals surface area contributed by atoms with Crippen LogP contribution in [0.3, 0.4) is 0 Å². The van der Waals surface area contributed by atoms with Crippen LogP contribution in [0.4, 0.5) is 0 Å². The Morgan fingerprint density at radius 1 is 0.897 bits per heavy atom. The van der Waals surface area contributed by atoms with Crippen LogP contribution in [0.2, 0.25) is 0 Å². The summed E-state index contributed by atoms with van der Waals surface area (Å²) in [6.07, 6.45) is 2.66. The van der Waals surface area contributed by atoms with Crippen molar-refractivity contribution in [3.05, 3.63) is 54.1 Å². The lowest BCUT2D eigenvalue weighted by atomic mass is 10.0. The molecule has 0 saturated carbocycles. The first kappa shape index (κ1) is 31.0. The molecule has 0 aliphatic heterocycles. The summed E-state index contributed by atoms with van der Waals surface area (Å²) in [5.41, 5.74) is 7.07. The third-order valence-corrected chi connectivity index (χ3v) is 5.86. The molecule has 8 N–H and O–H groups in total. The molecule has 1 aromatic heterocycles. The maximum Gasteiger partial charge on any atom is 0.326 e. The molecule has 2 aromatic rings. The molecule has 0 spiro atoms. The highest BCUT2D eigenvalue weighted by atomic mass is 16.4. The van der Waals surface area contributed by atoms with Crippen molar-refractivity contribution in [3.8, 4) is 0 Å². The van der Waals surface area contributed by atoms with E-state index in [0.717, 1.165) is 5.56 Å². The molecule has 0 fully saturated rings. The molecular weight excluding hydrogens is 508 g/mol. The molecule has 1 heterocycles. The quantitative estimate of drug-likeness (QED) is 0.151. The van der Waals surface area contributed by atoms with Crippen molar-refractivity contribution in [1.82, 2.24) is 25.9 Å². The zero-order valence-corrected chi connectivity index (χ0v) is 21.9. The maximum atomic E-state index is 13.4. The summed E-state index contributed by atoms with van der Waals surface area (Å²) >= 11 is 0. The normalized spacial score (nSPS) is 14.1. The zero-order valence-electron chi connectivity index (χ0n) is 21.9. The Morgan fingerprint density at radius 3 is 2.03 bits per heavy atom. The molecular formula is C26H36N6O7. The van der Waals surface area contributed by atoms with Gasteiger partial charge in [-0.15, -0.1) is 0 Å². The van der Waals surface area contributed by atoms with E-state index in [1.54, 1.807) is 30.3 Å². The summed E-state index contributed by atoms with van der Waals surface area (Å²) in [6, 6.07) is 4.17. The van der Waals surface area contributed by atoms with Crippen LogP contribution in [0, 0.1) is 5.92 Å². The van der Waals surface area contributed by atoms with Crippen LogP contribution in [0.5, 0.6) is 0 Å². The van der Waals surface area contributed by atoms with E-state index in [4.69, 9.17) is 10.8 Å². The molecule has 4 unspecified atom stereocenters. The van der Waals surface area contributed by atoms with Crippen molar-refractivity contribution in [1.29, 1.82) is 0 Å². The molecule has 212 valence electrons. The van der Waals surface area contributed by atoms with E-state index in [0.29, 0.717) is 5.69 Å². The average molecular weight is 545 g/mol. The van der Waals surface area contributed by atoms with E-state index in [2.05, 4.69) is 25.9 Å². The van der Waals surface area contributed by atoms with Gasteiger partial charge in [-0.25, -0.2) is 9.78 Å². The number of hydrogen-bond donors (Lipinski definition) is 7. The van der Waals surface area contributed by atoms with Gasteiger partial charge in [-0.2, -0.15) is 0 Å². The van der Waals surface area contributed by atoms with Gasteiger partial charge in [0, 0.05) is 31.2 Å². The van der Waals surface area contributed by atoms with Gasteiger partial charge in [-0.1, -0.05) is 44.2 Å². The zero-order chi connectivity index (χ0) is 28.9. The second-order valence-corrected chi connectivity index (χ2v) is 9.66. The number of carbonyl (C=O) groups excluding carboxylic acids is 3. The number of H-pyrrole nitrogens is 1. The average Bonchev–Trinajstić information content (AvgIpc) is 3.39. The van der Waals surface area contributed by atoms with E-state index in [1.807, 2.05) is 13.8 Å². The number of nitrogens with two attached hydrogens (primary N) is 1. The number of amides is 3. The van der Waals surface area contributed by atoms with Crippen LogP contribution in [0.15, 0.2) is 42.9 Å². The molecule has 0 aliphatic carbocycles. The molecule has 13 heteroatoms. The Balaban J connectivity index is 2.25. The number of carboxylic acids is 2. The van der Waals surface area contributed by atoms with Crippen molar-refractivity contribution in [2.24, 2.45) is 11.7 Å². The topological polar surface area (TPSA) is 217 Å². The Labute approximate surface area is 226 Å². The Kier molecular flexibility index (Phi) is 12.1. The highest BCUT2D eigenvalue weighted by molar-refractivity contribution is 5.94. The molecule has 1 aromatic carbocycles. The second kappa shape index (κ2) is 15.2. The van der Waals surface area contributed by atoms with Crippen molar-refractivity contribution < 1.29 is 34.2 Å². The van der Waals surface area contributed by atoms with Gasteiger partial charge in [-0.3, -0.25) is 19.2 Å². The molecule has 0 bridgehead atoms. The van der Waals surface area contributed by atoms with Gasteiger partial charge in [0.15, 0.2) is 0 Å². The van der Waals surface area contributed by atoms with Gasteiger partial charge < -0.3 is 36.9 Å². The standard InChI is InChI=1S/C26H36N6O7/c1-15(2)10-21(26(38)39)32-25(37)20(12-17-13-28-14-29-17)31-24(36)19(11-16-6-4-3-5-7-16)30-23(35)18(27)8-9-22(33)34/h3-7,13-15,18-21H,8-12,27H2,1-2H3,(H,28,29)(H,30,35)(H,31,36)(H,32,37)(H,33,34)(H,38,39). The fraction of sp³-hybridized carbons (Fsp3) is 0.462. The predicted molar refractivity (Wildman–Crippen MR) is 140 cm³/mol. The number of carboxylic acid groups (broad SMARTS) is 2. The lowest BCUT2D eigenvalue weighted by Gasteiger charge is -2.25. The van der Waals surface area contributed by atoms with Crippen LogP contribution < -0.4 is 21.7 Å². The number of nitrogens with one attached hydrogen (secondary N) is 4. The minimum Gasteiger partial charge on any atom is -0.481 e. The molecule has 13 nitrogen and oxygen atoms in total. The summed E-state index contributed by atoms with van der Waals surface area (Å²) in [6.45, 7) is 3.65. The van der Waals surface area contributed by atoms with Crippen molar-refractivity contribution >= 4 is 29.7 Å². The number of aromatic nitrogens is 2. The van der Waals surface area contributed by atoms with E-state index in [1.165, 1.54) is 12.5 Å². The van der Waals surface area contributed by atoms with E-state index < -0.39 is 53.8 Å². The van der Waals surface area contributed by atoms with Crippen LogP contribution in [0.1, 0.15) is 44.4 Å². The van der Waals surface area contributed by atoms with E-state index in [-0.39, 0.29) is 38.0 Å². The SMILES string of the molecule is CC(C)CC(NC(=O)C(Cc1cnc[nH]1)NC(=O)C(Cc1ccccc1)NC(=O)C(N)CCC(=O)O)C(=O)O. The largest absolute Gasteiger partial charge is 0.481 e. The van der Waals surface area contributed by atoms with Crippen LogP contribution in [-0.4, -0.2) is 74.0 Å².